The van der Waals surface area contributed by atoms with E-state index >= 15 is 0 Å². The van der Waals surface area contributed by atoms with Gasteiger partial charge in [-0.2, -0.15) is 0 Å². The van der Waals surface area contributed by atoms with Crippen molar-refractivity contribution in [2.24, 2.45) is 4.99 Å². The van der Waals surface area contributed by atoms with Crippen LogP contribution in [0.1, 0.15) is 43.5 Å². The van der Waals surface area contributed by atoms with Crippen LogP contribution in [0.5, 0.6) is 11.5 Å². The van der Waals surface area contributed by atoms with Gasteiger partial charge in [0.1, 0.15) is 24.1 Å². The van der Waals surface area contributed by atoms with E-state index in [0.29, 0.717) is 32.1 Å². The molecule has 0 spiro atoms. The molecule has 0 saturated heterocycles. The molecule has 3 aromatic carbocycles. The summed E-state index contributed by atoms with van der Waals surface area (Å²) in [6.07, 6.45) is 1.38. The largest absolute Gasteiger partial charge is 0.496 e. The summed E-state index contributed by atoms with van der Waals surface area (Å²) in [4.78, 5) is 43.0. The van der Waals surface area contributed by atoms with Crippen LogP contribution in [-0.2, 0) is 16.1 Å². The Morgan fingerprint density at radius 2 is 1.91 bits per heavy atom. The maximum Gasteiger partial charge on any atom is 0.338 e. The number of carbonyl (C=O) groups is 1. The number of non-ortho nitro benzene ring substituents is 1. The fraction of sp³-hybridized carbons (Fsp3) is 0.219. The van der Waals surface area contributed by atoms with Crippen LogP contribution >= 0.6 is 27.3 Å². The third kappa shape index (κ3) is 6.51. The number of esters is 1. The lowest BCUT2D eigenvalue weighted by Gasteiger charge is -2.26. The van der Waals surface area contributed by atoms with Crippen molar-refractivity contribution in [1.82, 2.24) is 4.57 Å². The molecule has 0 fully saturated rings. The molecule has 1 aliphatic rings. The van der Waals surface area contributed by atoms with Crippen LogP contribution in [0.15, 0.2) is 92.3 Å². The first kappa shape index (κ1) is 30.9. The molecule has 1 aliphatic heterocycles. The van der Waals surface area contributed by atoms with Crippen molar-refractivity contribution in [1.29, 1.82) is 0 Å². The summed E-state index contributed by atoms with van der Waals surface area (Å²) in [6.45, 7) is 5.48. The zero-order valence-electron chi connectivity index (χ0n) is 24.3. The molecule has 1 aromatic heterocycles. The highest BCUT2D eigenvalue weighted by molar-refractivity contribution is 9.10. The Bertz CT molecular complexity index is 1960. The summed E-state index contributed by atoms with van der Waals surface area (Å²) >= 11 is 4.73. The maximum atomic E-state index is 14.0. The van der Waals surface area contributed by atoms with E-state index in [4.69, 9.17) is 14.2 Å². The lowest BCUT2D eigenvalue weighted by molar-refractivity contribution is -0.384. The number of thiazole rings is 1. The molecule has 10 nitrogen and oxygen atoms in total. The van der Waals surface area contributed by atoms with Gasteiger partial charge in [-0.05, 0) is 80.4 Å². The third-order valence-corrected chi connectivity index (χ3v) is 8.26. The molecule has 0 amide bonds. The first-order valence-corrected chi connectivity index (χ1v) is 15.2. The van der Waals surface area contributed by atoms with E-state index in [1.165, 1.54) is 35.1 Å². The van der Waals surface area contributed by atoms with E-state index in [1.807, 2.05) is 24.3 Å². The first-order chi connectivity index (χ1) is 21.0. The standard InChI is InChI=1S/C32H28BrN3O7S/c1-18(2)43-31(38)28-19(3)34-32-35(29(28)25-16-22(33)10-13-26(25)41-4)30(37)27(44-32)15-21-6-5-7-24(14-21)42-17-20-8-11-23(12-9-20)36(39)40/h5-16,18,29H,17H2,1-4H3/b27-15-/t29-/m0/s1. The zero-order chi connectivity index (χ0) is 31.5. The van der Waals surface area contributed by atoms with Crippen LogP contribution in [0.2, 0.25) is 0 Å². The number of benzene rings is 3. The molecule has 2 heterocycles. The number of fused-ring (bicyclic) bond motifs is 1. The van der Waals surface area contributed by atoms with Crippen molar-refractivity contribution in [2.45, 2.75) is 39.5 Å². The fourth-order valence-electron chi connectivity index (χ4n) is 4.80. The predicted molar refractivity (Wildman–Crippen MR) is 170 cm³/mol. The molecule has 12 heteroatoms. The van der Waals surface area contributed by atoms with E-state index < -0.39 is 16.9 Å². The summed E-state index contributed by atoms with van der Waals surface area (Å²) in [7, 11) is 1.54. The number of rotatable bonds is 9. The molecule has 1 atom stereocenters. The number of halogens is 1. The minimum absolute atomic E-state index is 0.0110. The summed E-state index contributed by atoms with van der Waals surface area (Å²) in [6, 6.07) is 18.0. The molecule has 4 aromatic rings. The lowest BCUT2D eigenvalue weighted by atomic mass is 9.95. The van der Waals surface area contributed by atoms with Gasteiger partial charge in [-0.3, -0.25) is 19.5 Å². The zero-order valence-corrected chi connectivity index (χ0v) is 26.7. The van der Waals surface area contributed by atoms with Gasteiger partial charge in [0.2, 0.25) is 0 Å². The van der Waals surface area contributed by atoms with Crippen molar-refractivity contribution >= 4 is 45.0 Å². The Morgan fingerprint density at radius 3 is 2.59 bits per heavy atom. The van der Waals surface area contributed by atoms with E-state index in [2.05, 4.69) is 20.9 Å². The monoisotopic (exact) mass is 677 g/mol. The van der Waals surface area contributed by atoms with Crippen LogP contribution in [0.25, 0.3) is 6.08 Å². The van der Waals surface area contributed by atoms with Gasteiger partial charge in [0, 0.05) is 22.2 Å². The Hall–Kier alpha value is -4.55. The van der Waals surface area contributed by atoms with Crippen molar-refractivity contribution < 1.29 is 23.9 Å². The highest BCUT2D eigenvalue weighted by Crippen LogP contribution is 2.37. The van der Waals surface area contributed by atoms with Gasteiger partial charge in [0.25, 0.3) is 11.2 Å². The van der Waals surface area contributed by atoms with E-state index in [9.17, 15) is 19.7 Å². The average Bonchev–Trinajstić information content (AvgIpc) is 3.29. The number of nitro benzene ring substituents is 1. The molecule has 0 aliphatic carbocycles. The second-order valence-corrected chi connectivity index (χ2v) is 12.1. The van der Waals surface area contributed by atoms with Gasteiger partial charge in [-0.1, -0.05) is 39.4 Å². The normalized spacial score (nSPS) is 14.7. The Kier molecular flexibility index (Phi) is 9.12. The Morgan fingerprint density at radius 1 is 1.16 bits per heavy atom. The molecule has 226 valence electrons. The molecule has 0 saturated carbocycles. The smallest absolute Gasteiger partial charge is 0.338 e. The fourth-order valence-corrected chi connectivity index (χ4v) is 6.22. The Labute approximate surface area is 264 Å². The van der Waals surface area contributed by atoms with Crippen LogP contribution < -0.4 is 24.4 Å². The van der Waals surface area contributed by atoms with Gasteiger partial charge in [-0.15, -0.1) is 0 Å². The van der Waals surface area contributed by atoms with Crippen LogP contribution in [0, 0.1) is 10.1 Å². The maximum absolute atomic E-state index is 14.0. The summed E-state index contributed by atoms with van der Waals surface area (Å²) in [5.74, 6) is 0.520. The predicted octanol–water partition coefficient (Wildman–Crippen LogP) is 5.45. The minimum Gasteiger partial charge on any atom is -0.496 e. The molecule has 0 N–H and O–H groups in total. The molecule has 44 heavy (non-hydrogen) atoms. The highest BCUT2D eigenvalue weighted by atomic mass is 79.9. The van der Waals surface area contributed by atoms with E-state index in [-0.39, 0.29) is 29.5 Å². The lowest BCUT2D eigenvalue weighted by Crippen LogP contribution is -2.40. The molecule has 5 rings (SSSR count). The van der Waals surface area contributed by atoms with Crippen molar-refractivity contribution in [3.63, 3.8) is 0 Å². The van der Waals surface area contributed by atoms with Crippen LogP contribution in [0.4, 0.5) is 5.69 Å². The number of nitrogens with zero attached hydrogens (tertiary/aromatic N) is 3. The Balaban J connectivity index is 1.54. The molecular weight excluding hydrogens is 650 g/mol. The topological polar surface area (TPSA) is 122 Å². The number of hydrogen-bond donors (Lipinski definition) is 0. The molecular formula is C32H28BrN3O7S. The van der Waals surface area contributed by atoms with Crippen molar-refractivity contribution in [2.75, 3.05) is 7.11 Å². The van der Waals surface area contributed by atoms with Gasteiger partial charge in [-0.25, -0.2) is 9.79 Å². The average molecular weight is 679 g/mol. The number of carbonyl (C=O) groups excluding carboxylic acids is 1. The minimum atomic E-state index is -0.830. The van der Waals surface area contributed by atoms with Crippen LogP contribution in [-0.4, -0.2) is 28.7 Å². The second-order valence-electron chi connectivity index (χ2n) is 10.2. The number of methoxy groups -OCH3 is 1. The van der Waals surface area contributed by atoms with E-state index in [1.54, 1.807) is 57.2 Å². The van der Waals surface area contributed by atoms with Gasteiger partial charge in [0.15, 0.2) is 4.80 Å². The summed E-state index contributed by atoms with van der Waals surface area (Å²) < 4.78 is 19.8. The van der Waals surface area contributed by atoms with Gasteiger partial charge >= 0.3 is 5.97 Å². The number of aromatic nitrogens is 1. The first-order valence-electron chi connectivity index (χ1n) is 13.6. The summed E-state index contributed by atoms with van der Waals surface area (Å²) in [5, 5.41) is 10.9. The summed E-state index contributed by atoms with van der Waals surface area (Å²) in [5.41, 5.74) is 2.52. The SMILES string of the molecule is COc1ccc(Br)cc1[C@H]1C(C(=O)OC(C)C)=C(C)N=c2s/c(=C\c3cccc(OCc4ccc([N+](=O)[O-])cc4)c3)c(=O)n21. The van der Waals surface area contributed by atoms with Crippen molar-refractivity contribution in [3.8, 4) is 11.5 Å². The molecule has 0 radical (unpaired) electrons. The second kappa shape index (κ2) is 13.0. The quantitative estimate of drug-likeness (QED) is 0.131. The van der Waals surface area contributed by atoms with Gasteiger partial charge in [0.05, 0.1) is 33.9 Å². The molecule has 0 bridgehead atoms. The van der Waals surface area contributed by atoms with Crippen molar-refractivity contribution in [3.05, 3.63) is 129 Å². The van der Waals surface area contributed by atoms with Crippen LogP contribution in [0.3, 0.4) is 0 Å². The third-order valence-electron chi connectivity index (χ3n) is 6.78. The molecule has 0 unspecified atom stereocenters. The highest BCUT2D eigenvalue weighted by Gasteiger charge is 2.35. The van der Waals surface area contributed by atoms with Gasteiger partial charge < -0.3 is 14.2 Å². The number of ether oxygens (including phenoxy) is 3. The number of allylic oxidation sites excluding steroid dienone is 1. The number of nitro groups is 1. The number of hydrogen-bond acceptors (Lipinski definition) is 9. The van der Waals surface area contributed by atoms with E-state index in [0.717, 1.165) is 15.6 Å².